The monoisotopic (exact) mass is 1160 g/mol. The Kier molecular flexibility index (Phi) is 20.3. The van der Waals surface area contributed by atoms with Gasteiger partial charge in [0.2, 0.25) is 0 Å². The number of thiol groups is 1. The van der Waals surface area contributed by atoms with Gasteiger partial charge in [-0.25, -0.2) is 13.2 Å². The van der Waals surface area contributed by atoms with Gasteiger partial charge in [-0.3, -0.25) is 0 Å². The van der Waals surface area contributed by atoms with Crippen LogP contribution < -0.4 is 0 Å². The van der Waals surface area contributed by atoms with Crippen molar-refractivity contribution >= 4 is 158 Å². The highest BCUT2D eigenvalue weighted by molar-refractivity contribution is 14.1. The van der Waals surface area contributed by atoms with Crippen molar-refractivity contribution < 1.29 is 13.2 Å². The Morgan fingerprint density at radius 1 is 0.560 bits per heavy atom. The molecule has 0 fully saturated rings. The molecule has 0 saturated carbocycles. The minimum atomic E-state index is -0.205. The molecule has 0 saturated heterocycles. The quantitative estimate of drug-likeness (QED) is 0.102. The molecular formula is C38H29Br5F3IS3. The first-order valence-corrected chi connectivity index (χ1v) is 20.7. The van der Waals surface area contributed by atoms with Crippen LogP contribution in [0.25, 0.3) is 20.2 Å². The number of fused-ring (bicyclic) bond motifs is 3. The molecule has 0 aliphatic carbocycles. The van der Waals surface area contributed by atoms with E-state index in [0.29, 0.717) is 8.47 Å². The van der Waals surface area contributed by atoms with Gasteiger partial charge in [0.25, 0.3) is 0 Å². The number of halogens is 9. The molecule has 262 valence electrons. The molecule has 6 aromatic carbocycles. The maximum Gasteiger partial charge on any atom is 0.141 e. The fourth-order valence-electron chi connectivity index (χ4n) is 3.88. The normalized spacial score (nSPS) is 9.96. The van der Waals surface area contributed by atoms with E-state index in [0.717, 1.165) is 52.3 Å². The van der Waals surface area contributed by atoms with Crippen LogP contribution in [0.1, 0.15) is 14.9 Å². The standard InChI is InChI=1S/C12H7Br2FS.C12H6BrFS.C6H3BrFI.C6H5BrS.2CH4/c13-8-5-6-10(15)12(7-8)16-11-4-2-1-3-9(11)14;13-8-5-6-9(14)12-11(8)7-3-1-2-4-10(7)15-12;7-4-1-2-5(8)6(9)3-4;7-5-3-1-2-4-6(5)8;;/h1-7H;1-6H;1-3H;1-4,8H;2*1H4. The number of hydrogen-bond donors (Lipinski definition) is 1. The lowest BCUT2D eigenvalue weighted by molar-refractivity contribution is 0.601. The molecule has 1 aromatic heterocycles. The van der Waals surface area contributed by atoms with E-state index in [9.17, 15) is 13.2 Å². The second kappa shape index (κ2) is 22.4. The van der Waals surface area contributed by atoms with Crippen molar-refractivity contribution in [3.63, 3.8) is 0 Å². The summed E-state index contributed by atoms with van der Waals surface area (Å²) in [4.78, 5) is 2.59. The molecule has 1 heterocycles. The fraction of sp³-hybridized carbons (Fsp3) is 0.0526. The Morgan fingerprint density at radius 2 is 1.12 bits per heavy atom. The van der Waals surface area contributed by atoms with Crippen molar-refractivity contribution in [2.24, 2.45) is 0 Å². The summed E-state index contributed by atoms with van der Waals surface area (Å²) < 4.78 is 46.8. The van der Waals surface area contributed by atoms with Gasteiger partial charge in [0, 0.05) is 56.1 Å². The highest BCUT2D eigenvalue weighted by Crippen LogP contribution is 2.39. The Morgan fingerprint density at radius 3 is 1.72 bits per heavy atom. The van der Waals surface area contributed by atoms with Gasteiger partial charge >= 0.3 is 0 Å². The number of hydrogen-bond acceptors (Lipinski definition) is 3. The molecule has 0 aliphatic rings. The maximum atomic E-state index is 13.6. The largest absolute Gasteiger partial charge is 0.206 e. The van der Waals surface area contributed by atoms with E-state index in [1.807, 2.05) is 95.4 Å². The molecule has 0 unspecified atom stereocenters. The van der Waals surface area contributed by atoms with Gasteiger partial charge in [0.15, 0.2) is 0 Å². The van der Waals surface area contributed by atoms with Crippen molar-refractivity contribution in [2.45, 2.75) is 29.5 Å². The van der Waals surface area contributed by atoms with Crippen LogP contribution in [0, 0.1) is 21.0 Å². The van der Waals surface area contributed by atoms with E-state index >= 15 is 0 Å². The average Bonchev–Trinajstić information content (AvgIpc) is 3.47. The minimum absolute atomic E-state index is 0. The van der Waals surface area contributed by atoms with Gasteiger partial charge in [0.1, 0.15) is 17.5 Å². The predicted molar refractivity (Wildman–Crippen MR) is 241 cm³/mol. The lowest BCUT2D eigenvalue weighted by atomic mass is 10.1. The Hall–Kier alpha value is -0.840. The summed E-state index contributed by atoms with van der Waals surface area (Å²) in [5.74, 6) is -0.517. The van der Waals surface area contributed by atoms with Crippen LogP contribution in [0.5, 0.6) is 0 Å². The maximum absolute atomic E-state index is 13.6. The molecule has 0 nitrogen and oxygen atoms in total. The van der Waals surface area contributed by atoms with Gasteiger partial charge in [-0.05, 0) is 133 Å². The highest BCUT2D eigenvalue weighted by Gasteiger charge is 2.11. The SMILES string of the molecule is C.C.Fc1ccc(Br)c2c1sc1ccccc12.Fc1ccc(Br)cc1I.Fc1ccc(Br)cc1Sc1ccccc1Br.Sc1ccccc1Br. The van der Waals surface area contributed by atoms with Gasteiger partial charge in [-0.2, -0.15) is 0 Å². The van der Waals surface area contributed by atoms with Crippen LogP contribution in [0.15, 0.2) is 158 Å². The molecule has 50 heavy (non-hydrogen) atoms. The summed E-state index contributed by atoms with van der Waals surface area (Å²) in [6, 6.07) is 36.6. The third-order valence-corrected chi connectivity index (χ3v) is 13.2. The molecule has 0 spiro atoms. The van der Waals surface area contributed by atoms with Crippen molar-refractivity contribution in [1.82, 2.24) is 0 Å². The third-order valence-electron chi connectivity index (χ3n) is 6.11. The zero-order valence-electron chi connectivity index (χ0n) is 24.2. The second-order valence-electron chi connectivity index (χ2n) is 9.45. The Labute approximate surface area is 361 Å². The van der Waals surface area contributed by atoms with Crippen molar-refractivity contribution in [1.29, 1.82) is 0 Å². The van der Waals surface area contributed by atoms with Crippen LogP contribution in [-0.4, -0.2) is 0 Å². The summed E-state index contributed by atoms with van der Waals surface area (Å²) >= 11 is 25.8. The van der Waals surface area contributed by atoms with E-state index in [1.165, 1.54) is 41.3 Å². The van der Waals surface area contributed by atoms with Crippen LogP contribution in [0.3, 0.4) is 0 Å². The molecule has 0 N–H and O–H groups in total. The molecular weight excluding hydrogens is 1140 g/mol. The second-order valence-corrected chi connectivity index (χ2v) is 17.6. The zero-order chi connectivity index (χ0) is 34.8. The fourth-order valence-corrected chi connectivity index (χ4v) is 9.38. The van der Waals surface area contributed by atoms with E-state index in [-0.39, 0.29) is 32.3 Å². The summed E-state index contributed by atoms with van der Waals surface area (Å²) in [7, 11) is 0. The van der Waals surface area contributed by atoms with Crippen LogP contribution >= 0.6 is 138 Å². The minimum Gasteiger partial charge on any atom is -0.206 e. The molecule has 12 heteroatoms. The molecule has 7 aromatic rings. The van der Waals surface area contributed by atoms with Crippen molar-refractivity contribution in [3.8, 4) is 0 Å². The van der Waals surface area contributed by atoms with Crippen molar-refractivity contribution in [3.05, 3.63) is 165 Å². The molecule has 0 amide bonds. The smallest absolute Gasteiger partial charge is 0.141 e. The number of rotatable bonds is 2. The van der Waals surface area contributed by atoms with Crippen LogP contribution in [0.2, 0.25) is 0 Å². The molecule has 0 radical (unpaired) electrons. The third kappa shape index (κ3) is 13.2. The zero-order valence-corrected chi connectivity index (χ0v) is 36.8. The molecule has 7 rings (SSSR count). The van der Waals surface area contributed by atoms with E-state index in [1.54, 1.807) is 30.3 Å². The van der Waals surface area contributed by atoms with Gasteiger partial charge in [-0.15, -0.1) is 24.0 Å². The first kappa shape index (κ1) is 45.3. The van der Waals surface area contributed by atoms with E-state index in [4.69, 9.17) is 0 Å². The average molecular weight is 1170 g/mol. The Balaban J connectivity index is 0.000000237. The Bertz CT molecular complexity index is 2140. The van der Waals surface area contributed by atoms with Crippen LogP contribution in [0.4, 0.5) is 13.2 Å². The summed E-state index contributed by atoms with van der Waals surface area (Å²) in [5, 5.41) is 2.10. The molecule has 0 bridgehead atoms. The van der Waals surface area contributed by atoms with E-state index in [2.05, 4.69) is 92.3 Å². The topological polar surface area (TPSA) is 0 Å². The van der Waals surface area contributed by atoms with Crippen LogP contribution in [-0.2, 0) is 0 Å². The summed E-state index contributed by atoms with van der Waals surface area (Å²) in [5.41, 5.74) is 0. The molecule has 0 aliphatic heterocycles. The lowest BCUT2D eigenvalue weighted by Crippen LogP contribution is -1.81. The lowest BCUT2D eigenvalue weighted by Gasteiger charge is -2.05. The first-order chi connectivity index (χ1) is 22.9. The highest BCUT2D eigenvalue weighted by atomic mass is 127. The van der Waals surface area contributed by atoms with Gasteiger partial charge in [-0.1, -0.05) is 117 Å². The summed E-state index contributed by atoms with van der Waals surface area (Å²) in [6.45, 7) is 0. The number of thiophene rings is 1. The number of benzene rings is 6. The van der Waals surface area contributed by atoms with Gasteiger partial charge in [0.05, 0.1) is 4.70 Å². The van der Waals surface area contributed by atoms with Crippen molar-refractivity contribution in [2.75, 3.05) is 0 Å². The molecule has 0 atom stereocenters. The van der Waals surface area contributed by atoms with Gasteiger partial charge < -0.3 is 0 Å². The van der Waals surface area contributed by atoms with E-state index < -0.39 is 0 Å². The predicted octanol–water partition coefficient (Wildman–Crippen LogP) is 17.7. The first-order valence-electron chi connectivity index (χ1n) is 13.6. The summed E-state index contributed by atoms with van der Waals surface area (Å²) in [6.07, 6.45) is 0.